The SMILES string of the molecule is CC(C)(C)N1CCC(N2CCCC2CNC(=O)CN2CCN(C(C)(C)C)CC2)CC1. The van der Waals surface area contributed by atoms with Crippen LogP contribution in [0.5, 0.6) is 0 Å². The molecule has 1 N–H and O–H groups in total. The van der Waals surface area contributed by atoms with E-state index in [2.05, 4.69) is 66.5 Å². The number of carbonyl (C=O) groups excluding carboxylic acids is 1. The molecule has 1 amide bonds. The lowest BCUT2D eigenvalue weighted by Crippen LogP contribution is -2.55. The summed E-state index contributed by atoms with van der Waals surface area (Å²) in [5.41, 5.74) is 0.505. The van der Waals surface area contributed by atoms with Crippen LogP contribution in [-0.2, 0) is 4.79 Å². The van der Waals surface area contributed by atoms with Gasteiger partial charge in [-0.2, -0.15) is 0 Å². The number of likely N-dealkylation sites (tertiary alicyclic amines) is 2. The molecule has 1 atom stereocenters. The van der Waals surface area contributed by atoms with Crippen LogP contribution >= 0.6 is 0 Å². The van der Waals surface area contributed by atoms with Crippen molar-refractivity contribution in [3.63, 3.8) is 0 Å². The van der Waals surface area contributed by atoms with Crippen LogP contribution in [0.4, 0.5) is 0 Å². The first-order valence-corrected chi connectivity index (χ1v) is 12.3. The van der Waals surface area contributed by atoms with E-state index in [1.54, 1.807) is 0 Å². The molecule has 3 saturated heterocycles. The molecule has 3 fully saturated rings. The number of piperidine rings is 1. The van der Waals surface area contributed by atoms with Gasteiger partial charge >= 0.3 is 0 Å². The molecule has 0 spiro atoms. The largest absolute Gasteiger partial charge is 0.353 e. The molecule has 6 nitrogen and oxygen atoms in total. The maximum atomic E-state index is 12.6. The normalized spacial score (nSPS) is 26.9. The van der Waals surface area contributed by atoms with Gasteiger partial charge < -0.3 is 5.32 Å². The van der Waals surface area contributed by atoms with Gasteiger partial charge in [0.05, 0.1) is 6.54 Å². The monoisotopic (exact) mass is 421 g/mol. The second kappa shape index (κ2) is 9.85. The van der Waals surface area contributed by atoms with E-state index in [9.17, 15) is 4.79 Å². The van der Waals surface area contributed by atoms with E-state index in [0.717, 1.165) is 32.7 Å². The summed E-state index contributed by atoms with van der Waals surface area (Å²) in [6.07, 6.45) is 5.03. The van der Waals surface area contributed by atoms with E-state index in [-0.39, 0.29) is 17.0 Å². The third-order valence-corrected chi connectivity index (χ3v) is 7.53. The Hall–Kier alpha value is -0.690. The van der Waals surface area contributed by atoms with Gasteiger partial charge in [0.1, 0.15) is 0 Å². The van der Waals surface area contributed by atoms with Crippen molar-refractivity contribution in [3.05, 3.63) is 0 Å². The second-order valence-corrected chi connectivity index (χ2v) is 11.7. The molecule has 0 aliphatic carbocycles. The summed E-state index contributed by atoms with van der Waals surface area (Å²) in [5, 5.41) is 3.27. The van der Waals surface area contributed by atoms with Crippen LogP contribution in [0.15, 0.2) is 0 Å². The third kappa shape index (κ3) is 6.41. The molecule has 0 bridgehead atoms. The highest BCUT2D eigenvalue weighted by Gasteiger charge is 2.35. The van der Waals surface area contributed by atoms with Gasteiger partial charge in [-0.1, -0.05) is 0 Å². The van der Waals surface area contributed by atoms with Gasteiger partial charge in [0.25, 0.3) is 0 Å². The van der Waals surface area contributed by atoms with Crippen LogP contribution in [0, 0.1) is 0 Å². The molecule has 3 heterocycles. The van der Waals surface area contributed by atoms with Crippen molar-refractivity contribution in [1.82, 2.24) is 24.9 Å². The molecular formula is C24H47N5O. The minimum atomic E-state index is 0.202. The zero-order chi connectivity index (χ0) is 21.9. The maximum absolute atomic E-state index is 12.6. The Balaban J connectivity index is 1.38. The topological polar surface area (TPSA) is 42.1 Å². The van der Waals surface area contributed by atoms with Gasteiger partial charge in [0.15, 0.2) is 0 Å². The smallest absolute Gasteiger partial charge is 0.234 e. The van der Waals surface area contributed by atoms with Crippen LogP contribution in [0.3, 0.4) is 0 Å². The van der Waals surface area contributed by atoms with Crippen LogP contribution < -0.4 is 5.32 Å². The van der Waals surface area contributed by atoms with Crippen LogP contribution in [0.2, 0.25) is 0 Å². The van der Waals surface area contributed by atoms with Crippen LogP contribution in [0.25, 0.3) is 0 Å². The average molecular weight is 422 g/mol. The van der Waals surface area contributed by atoms with Crippen molar-refractivity contribution in [1.29, 1.82) is 0 Å². The van der Waals surface area contributed by atoms with Crippen molar-refractivity contribution in [2.75, 3.05) is 58.9 Å². The fourth-order valence-corrected chi connectivity index (χ4v) is 5.49. The third-order valence-electron chi connectivity index (χ3n) is 7.53. The van der Waals surface area contributed by atoms with E-state index in [1.807, 2.05) is 0 Å². The molecule has 0 saturated carbocycles. The Morgan fingerprint density at radius 2 is 1.37 bits per heavy atom. The van der Waals surface area contributed by atoms with Crippen LogP contribution in [0.1, 0.15) is 67.2 Å². The molecule has 3 rings (SSSR count). The second-order valence-electron chi connectivity index (χ2n) is 11.7. The van der Waals surface area contributed by atoms with Gasteiger partial charge in [0, 0.05) is 69.0 Å². The molecule has 3 aliphatic rings. The minimum Gasteiger partial charge on any atom is -0.353 e. The van der Waals surface area contributed by atoms with Gasteiger partial charge in [-0.15, -0.1) is 0 Å². The fourth-order valence-electron chi connectivity index (χ4n) is 5.49. The molecule has 6 heteroatoms. The zero-order valence-electron chi connectivity index (χ0n) is 20.5. The van der Waals surface area contributed by atoms with Crippen molar-refractivity contribution in [3.8, 4) is 0 Å². The Kier molecular flexibility index (Phi) is 7.86. The summed E-state index contributed by atoms with van der Waals surface area (Å²) in [4.78, 5) is 22.8. The number of piperazine rings is 1. The summed E-state index contributed by atoms with van der Waals surface area (Å²) in [6, 6.07) is 1.22. The number of amides is 1. The summed E-state index contributed by atoms with van der Waals surface area (Å²) < 4.78 is 0. The van der Waals surface area contributed by atoms with Gasteiger partial charge in [-0.05, 0) is 73.8 Å². The van der Waals surface area contributed by atoms with Gasteiger partial charge in [-0.25, -0.2) is 0 Å². The summed E-state index contributed by atoms with van der Waals surface area (Å²) in [6.45, 7) is 22.9. The van der Waals surface area contributed by atoms with E-state index in [4.69, 9.17) is 0 Å². The Labute approximate surface area is 185 Å². The number of carbonyl (C=O) groups is 1. The van der Waals surface area contributed by atoms with Crippen LogP contribution in [-0.4, -0.2) is 108 Å². The van der Waals surface area contributed by atoms with E-state index >= 15 is 0 Å². The molecule has 174 valence electrons. The molecule has 0 aromatic carbocycles. The number of rotatable bonds is 5. The minimum absolute atomic E-state index is 0.202. The van der Waals surface area contributed by atoms with Crippen molar-refractivity contribution in [2.45, 2.75) is 90.4 Å². The van der Waals surface area contributed by atoms with E-state index < -0.39 is 0 Å². The quantitative estimate of drug-likeness (QED) is 0.737. The van der Waals surface area contributed by atoms with Gasteiger partial charge in [-0.3, -0.25) is 24.4 Å². The number of hydrogen-bond donors (Lipinski definition) is 1. The average Bonchev–Trinajstić information content (AvgIpc) is 3.14. The zero-order valence-corrected chi connectivity index (χ0v) is 20.5. The Bertz CT molecular complexity index is 551. The molecular weight excluding hydrogens is 374 g/mol. The molecule has 30 heavy (non-hydrogen) atoms. The van der Waals surface area contributed by atoms with E-state index in [0.29, 0.717) is 18.6 Å². The Morgan fingerprint density at radius 3 is 1.93 bits per heavy atom. The van der Waals surface area contributed by atoms with Crippen molar-refractivity contribution in [2.24, 2.45) is 0 Å². The highest BCUT2D eigenvalue weighted by atomic mass is 16.2. The molecule has 3 aliphatic heterocycles. The van der Waals surface area contributed by atoms with Crippen molar-refractivity contribution >= 4 is 5.91 Å². The predicted molar refractivity (Wildman–Crippen MR) is 125 cm³/mol. The maximum Gasteiger partial charge on any atom is 0.234 e. The fraction of sp³-hybridized carbons (Fsp3) is 0.958. The summed E-state index contributed by atoms with van der Waals surface area (Å²) >= 11 is 0. The standard InChI is InChI=1S/C24H47N5O/c1-23(2,3)27-12-9-20(10-13-27)29-11-7-8-21(29)18-25-22(30)19-26-14-16-28(17-15-26)24(4,5)6/h20-21H,7-19H2,1-6H3,(H,25,30). The number of nitrogens with zero attached hydrogens (tertiary/aromatic N) is 4. The number of hydrogen-bond acceptors (Lipinski definition) is 5. The first-order valence-electron chi connectivity index (χ1n) is 12.3. The Morgan fingerprint density at radius 1 is 0.800 bits per heavy atom. The molecule has 1 unspecified atom stereocenters. The first-order chi connectivity index (χ1) is 14.0. The first kappa shape index (κ1) is 24.0. The predicted octanol–water partition coefficient (Wildman–Crippen LogP) is 2.25. The van der Waals surface area contributed by atoms with E-state index in [1.165, 1.54) is 45.3 Å². The van der Waals surface area contributed by atoms with Crippen molar-refractivity contribution < 1.29 is 4.79 Å². The lowest BCUT2D eigenvalue weighted by molar-refractivity contribution is -0.123. The lowest BCUT2D eigenvalue weighted by Gasteiger charge is -2.44. The molecule has 0 aromatic heterocycles. The molecule has 0 aromatic rings. The number of nitrogens with one attached hydrogen (secondary N) is 1. The lowest BCUT2D eigenvalue weighted by atomic mass is 9.96. The summed E-state index contributed by atoms with van der Waals surface area (Å²) in [7, 11) is 0. The molecule has 0 radical (unpaired) electrons. The highest BCUT2D eigenvalue weighted by Crippen LogP contribution is 2.28. The summed E-state index contributed by atoms with van der Waals surface area (Å²) in [5.74, 6) is 0.202. The van der Waals surface area contributed by atoms with Gasteiger partial charge in [0.2, 0.25) is 5.91 Å². The highest BCUT2D eigenvalue weighted by molar-refractivity contribution is 5.78.